The van der Waals surface area contributed by atoms with Crippen molar-refractivity contribution in [2.24, 2.45) is 0 Å². The molecule has 10 nitrogen and oxygen atoms in total. The van der Waals surface area contributed by atoms with Gasteiger partial charge in [0.05, 0.1) is 24.7 Å². The Morgan fingerprint density at radius 2 is 1.58 bits per heavy atom. The summed E-state index contributed by atoms with van der Waals surface area (Å²) in [5, 5.41) is 4.29. The number of ether oxygens (including phenoxy) is 2. The third-order valence-corrected chi connectivity index (χ3v) is 14.2. The number of carbonyl (C=O) groups is 1. The molecule has 2 aromatic carbocycles. The van der Waals surface area contributed by atoms with Crippen molar-refractivity contribution >= 4 is 25.5 Å². The van der Waals surface area contributed by atoms with Gasteiger partial charge in [-0.3, -0.25) is 0 Å². The van der Waals surface area contributed by atoms with Crippen molar-refractivity contribution in [3.8, 4) is 17.6 Å². The summed E-state index contributed by atoms with van der Waals surface area (Å²) in [6.45, 7) is 16.6. The largest absolute Gasteiger partial charge is 0.543 e. The molecule has 0 saturated carbocycles. The SMILES string of the molecule is CCOC(=O)c1cnn(-c2nc(OCc3ccccc3)c3c(ncn3Cc3ccc(O[Si](C(C)C)(C(C)C)C(C)C)cc3)n2)c1. The Morgan fingerprint density at radius 3 is 2.22 bits per heavy atom. The first-order chi connectivity index (χ1) is 21.6. The average molecular weight is 627 g/mol. The number of fused-ring (bicyclic) bond motifs is 1. The number of rotatable bonds is 13. The average Bonchev–Trinajstić information content (AvgIpc) is 3.68. The topological polar surface area (TPSA) is 106 Å². The summed E-state index contributed by atoms with van der Waals surface area (Å²) < 4.78 is 21.7. The molecule has 0 amide bonds. The van der Waals surface area contributed by atoms with Crippen LogP contribution in [-0.2, 0) is 17.9 Å². The number of hydrogen-bond acceptors (Lipinski definition) is 8. The van der Waals surface area contributed by atoms with Crippen molar-refractivity contribution in [2.45, 2.75) is 78.2 Å². The van der Waals surface area contributed by atoms with Gasteiger partial charge in [-0.1, -0.05) is 84.0 Å². The quantitative estimate of drug-likeness (QED) is 0.0985. The van der Waals surface area contributed by atoms with E-state index in [1.165, 1.54) is 17.1 Å². The number of imidazole rings is 1. The van der Waals surface area contributed by atoms with Gasteiger partial charge >= 0.3 is 5.97 Å². The highest BCUT2D eigenvalue weighted by atomic mass is 28.4. The van der Waals surface area contributed by atoms with Crippen LogP contribution in [0, 0.1) is 0 Å². The Bertz CT molecular complexity index is 1710. The molecule has 3 heterocycles. The van der Waals surface area contributed by atoms with E-state index in [1.54, 1.807) is 13.3 Å². The second kappa shape index (κ2) is 13.6. The maximum atomic E-state index is 12.2. The van der Waals surface area contributed by atoms with Crippen LogP contribution in [0.2, 0.25) is 16.6 Å². The van der Waals surface area contributed by atoms with E-state index < -0.39 is 14.3 Å². The number of hydrogen-bond donors (Lipinski definition) is 0. The van der Waals surface area contributed by atoms with Gasteiger partial charge < -0.3 is 18.5 Å². The normalized spacial score (nSPS) is 12.0. The zero-order chi connectivity index (χ0) is 32.1. The lowest BCUT2D eigenvalue weighted by molar-refractivity contribution is 0.0526. The molecule has 0 aliphatic carbocycles. The van der Waals surface area contributed by atoms with Crippen LogP contribution < -0.4 is 9.16 Å². The minimum absolute atomic E-state index is 0.237. The predicted molar refractivity (Wildman–Crippen MR) is 176 cm³/mol. The predicted octanol–water partition coefficient (Wildman–Crippen LogP) is 7.37. The van der Waals surface area contributed by atoms with E-state index in [1.807, 2.05) is 34.9 Å². The Morgan fingerprint density at radius 1 is 0.889 bits per heavy atom. The highest BCUT2D eigenvalue weighted by molar-refractivity contribution is 6.78. The third-order valence-electron chi connectivity index (χ3n) is 8.22. The Kier molecular flexibility index (Phi) is 9.67. The van der Waals surface area contributed by atoms with E-state index in [9.17, 15) is 4.79 Å². The molecule has 236 valence electrons. The standard InChI is InChI=1S/C34H42N6O4Si/c1-8-42-33(41)28-18-36-40(20-28)34-37-31-30(32(38-34)43-21-27-12-10-9-11-13-27)39(22-35-31)19-26-14-16-29(17-15-26)44-45(23(2)3,24(4)5)25(6)7/h9-18,20,22-25H,8,19,21H2,1-7H3. The second-order valence-corrected chi connectivity index (χ2v) is 17.5. The summed E-state index contributed by atoms with van der Waals surface area (Å²) in [5.74, 6) is 1.06. The van der Waals surface area contributed by atoms with Crippen molar-refractivity contribution in [1.82, 2.24) is 29.3 Å². The van der Waals surface area contributed by atoms with Gasteiger partial charge in [-0.15, -0.1) is 0 Å². The van der Waals surface area contributed by atoms with E-state index in [-0.39, 0.29) is 12.6 Å². The zero-order valence-electron chi connectivity index (χ0n) is 27.1. The molecule has 5 aromatic rings. The highest BCUT2D eigenvalue weighted by Gasteiger charge is 2.47. The van der Waals surface area contributed by atoms with Gasteiger partial charge in [0.1, 0.15) is 12.4 Å². The van der Waals surface area contributed by atoms with Gasteiger partial charge in [0.2, 0.25) is 5.88 Å². The van der Waals surface area contributed by atoms with E-state index in [0.29, 0.717) is 52.4 Å². The van der Waals surface area contributed by atoms with E-state index >= 15 is 0 Å². The smallest absolute Gasteiger partial charge is 0.341 e. The molecule has 5 rings (SSSR count). The summed E-state index contributed by atoms with van der Waals surface area (Å²) in [7, 11) is -2.05. The highest BCUT2D eigenvalue weighted by Crippen LogP contribution is 2.42. The zero-order valence-corrected chi connectivity index (χ0v) is 28.1. The van der Waals surface area contributed by atoms with E-state index in [4.69, 9.17) is 18.9 Å². The third kappa shape index (κ3) is 6.78. The van der Waals surface area contributed by atoms with Crippen molar-refractivity contribution in [3.05, 3.63) is 90.0 Å². The Hall–Kier alpha value is -4.51. The van der Waals surface area contributed by atoms with E-state index in [0.717, 1.165) is 16.9 Å². The maximum Gasteiger partial charge on any atom is 0.341 e. The molecular formula is C34H42N6O4Si. The second-order valence-electron chi connectivity index (χ2n) is 12.1. The van der Waals surface area contributed by atoms with Gasteiger partial charge in [-0.2, -0.15) is 15.1 Å². The number of esters is 1. The minimum atomic E-state index is -2.05. The molecule has 0 N–H and O–H groups in total. The van der Waals surface area contributed by atoms with Crippen LogP contribution in [0.5, 0.6) is 11.6 Å². The van der Waals surface area contributed by atoms with Crippen LogP contribution in [0.4, 0.5) is 0 Å². The van der Waals surface area contributed by atoms with Crippen LogP contribution >= 0.6 is 0 Å². The molecule has 0 bridgehead atoms. The van der Waals surface area contributed by atoms with Gasteiger partial charge in [0, 0.05) is 12.7 Å². The lowest BCUT2D eigenvalue weighted by Gasteiger charge is -2.42. The van der Waals surface area contributed by atoms with Crippen molar-refractivity contribution in [2.75, 3.05) is 6.61 Å². The molecule has 11 heteroatoms. The van der Waals surface area contributed by atoms with Crippen LogP contribution in [0.3, 0.4) is 0 Å². The molecule has 3 aromatic heterocycles. The number of nitrogens with zero attached hydrogens (tertiary/aromatic N) is 6. The summed E-state index contributed by atoms with van der Waals surface area (Å²) in [6, 6.07) is 18.2. The molecule has 45 heavy (non-hydrogen) atoms. The van der Waals surface area contributed by atoms with Gasteiger partial charge in [-0.05, 0) is 46.8 Å². The first-order valence-electron chi connectivity index (χ1n) is 15.5. The summed E-state index contributed by atoms with van der Waals surface area (Å²) in [4.78, 5) is 26.2. The lowest BCUT2D eigenvalue weighted by atomic mass is 10.2. The fourth-order valence-electron chi connectivity index (χ4n) is 6.15. The van der Waals surface area contributed by atoms with Crippen molar-refractivity contribution < 1.29 is 18.7 Å². The molecular weight excluding hydrogens is 584 g/mol. The van der Waals surface area contributed by atoms with Gasteiger partial charge in [-0.25, -0.2) is 14.5 Å². The Balaban J connectivity index is 1.45. The van der Waals surface area contributed by atoms with Gasteiger partial charge in [0.25, 0.3) is 14.3 Å². The first-order valence-corrected chi connectivity index (χ1v) is 17.7. The number of carbonyl (C=O) groups excluding carboxylic acids is 1. The maximum absolute atomic E-state index is 12.2. The number of aromatic nitrogens is 6. The fraction of sp³-hybridized carbons (Fsp3) is 0.382. The molecule has 0 atom stereocenters. The summed E-state index contributed by atoms with van der Waals surface area (Å²) >= 11 is 0. The monoisotopic (exact) mass is 626 g/mol. The lowest BCUT2D eigenvalue weighted by Crippen LogP contribution is -2.50. The Labute approximate surface area is 265 Å². The van der Waals surface area contributed by atoms with Gasteiger partial charge in [0.15, 0.2) is 11.2 Å². The van der Waals surface area contributed by atoms with Crippen LogP contribution in [-0.4, -0.2) is 50.2 Å². The number of benzene rings is 2. The first kappa shape index (κ1) is 31.9. The minimum Gasteiger partial charge on any atom is -0.543 e. The molecule has 0 saturated heterocycles. The molecule has 0 aliphatic heterocycles. The molecule has 0 spiro atoms. The molecule has 0 fully saturated rings. The summed E-state index contributed by atoms with van der Waals surface area (Å²) in [6.07, 6.45) is 4.71. The molecule has 0 unspecified atom stereocenters. The summed E-state index contributed by atoms with van der Waals surface area (Å²) in [5.41, 5.74) is 4.99. The molecule has 0 radical (unpaired) electrons. The van der Waals surface area contributed by atoms with Crippen LogP contribution in [0.1, 0.15) is 70.0 Å². The van der Waals surface area contributed by atoms with Crippen LogP contribution in [0.25, 0.3) is 17.1 Å². The van der Waals surface area contributed by atoms with Crippen molar-refractivity contribution in [3.63, 3.8) is 0 Å². The van der Waals surface area contributed by atoms with Crippen LogP contribution in [0.15, 0.2) is 73.3 Å². The van der Waals surface area contributed by atoms with E-state index in [2.05, 4.69) is 80.9 Å². The fourth-order valence-corrected chi connectivity index (χ4v) is 11.4. The van der Waals surface area contributed by atoms with Crippen molar-refractivity contribution in [1.29, 1.82) is 0 Å². The molecule has 0 aliphatic rings.